The minimum atomic E-state index is -0.998. The van der Waals surface area contributed by atoms with Crippen LogP contribution in [0.5, 0.6) is 11.5 Å². The molecule has 0 aliphatic heterocycles. The molecule has 2 unspecified atom stereocenters. The molecule has 0 spiro atoms. The maximum absolute atomic E-state index is 12.7. The van der Waals surface area contributed by atoms with Gasteiger partial charge in [0.25, 0.3) is 5.91 Å². The van der Waals surface area contributed by atoms with E-state index in [1.54, 1.807) is 37.3 Å². The zero-order chi connectivity index (χ0) is 23.3. The number of allylic oxidation sites excluding steroid dienone is 2. The predicted molar refractivity (Wildman–Crippen MR) is 118 cm³/mol. The van der Waals surface area contributed by atoms with Crippen LogP contribution in [0, 0.1) is 11.8 Å². The Balaban J connectivity index is 1.69. The average Bonchev–Trinajstić information content (AvgIpc) is 2.76. The van der Waals surface area contributed by atoms with Gasteiger partial charge in [-0.25, -0.2) is 5.43 Å². The quantitative estimate of drug-likeness (QED) is 0.267. The van der Waals surface area contributed by atoms with Crippen LogP contribution in [0.15, 0.2) is 59.7 Å². The highest BCUT2D eigenvalue weighted by molar-refractivity contribution is 6.02. The Morgan fingerprint density at radius 3 is 2.25 bits per heavy atom. The number of hydrazone groups is 1. The molecule has 32 heavy (non-hydrogen) atoms. The first-order chi connectivity index (χ1) is 15.2. The van der Waals surface area contributed by atoms with Crippen molar-refractivity contribution in [2.45, 2.75) is 19.8 Å². The van der Waals surface area contributed by atoms with E-state index < -0.39 is 23.7 Å². The Hall–Kier alpha value is -4.14. The lowest BCUT2D eigenvalue weighted by Crippen LogP contribution is -2.34. The summed E-state index contributed by atoms with van der Waals surface area (Å²) in [6.07, 6.45) is 4.26. The van der Waals surface area contributed by atoms with Crippen LogP contribution in [0.2, 0.25) is 0 Å². The van der Waals surface area contributed by atoms with E-state index in [4.69, 9.17) is 0 Å². The van der Waals surface area contributed by atoms with Crippen LogP contribution in [0.1, 0.15) is 35.7 Å². The first-order valence-electron chi connectivity index (χ1n) is 9.91. The zero-order valence-electron chi connectivity index (χ0n) is 17.3. The van der Waals surface area contributed by atoms with E-state index in [0.29, 0.717) is 29.8 Å². The number of hydrogen-bond acceptors (Lipinski definition) is 6. The molecule has 0 saturated heterocycles. The Kier molecular flexibility index (Phi) is 6.89. The van der Waals surface area contributed by atoms with E-state index >= 15 is 0 Å². The largest absolute Gasteiger partial charge is 0.508 e. The number of nitrogens with one attached hydrogen (secondary N) is 2. The van der Waals surface area contributed by atoms with Crippen molar-refractivity contribution in [1.29, 1.82) is 0 Å². The van der Waals surface area contributed by atoms with Gasteiger partial charge in [0.05, 0.1) is 17.5 Å². The second-order valence-electron chi connectivity index (χ2n) is 7.44. The summed E-state index contributed by atoms with van der Waals surface area (Å²) in [5.74, 6) is -3.92. The van der Waals surface area contributed by atoms with Gasteiger partial charge in [0.2, 0.25) is 5.91 Å². The number of nitrogens with zero attached hydrogens (tertiary/aromatic N) is 1. The number of aliphatic carboxylic acids is 1. The van der Waals surface area contributed by atoms with Gasteiger partial charge in [-0.15, -0.1) is 0 Å². The molecule has 166 valence electrons. The van der Waals surface area contributed by atoms with Gasteiger partial charge in [-0.05, 0) is 49.6 Å². The van der Waals surface area contributed by atoms with Gasteiger partial charge < -0.3 is 20.6 Å². The molecule has 2 aromatic rings. The first-order valence-corrected chi connectivity index (χ1v) is 9.91. The van der Waals surface area contributed by atoms with Crippen LogP contribution in [0.3, 0.4) is 0 Å². The molecule has 9 heteroatoms. The Morgan fingerprint density at radius 1 is 0.938 bits per heavy atom. The summed E-state index contributed by atoms with van der Waals surface area (Å²) in [6.45, 7) is 1.66. The highest BCUT2D eigenvalue weighted by Crippen LogP contribution is 2.27. The van der Waals surface area contributed by atoms with Gasteiger partial charge in [0.15, 0.2) is 0 Å². The van der Waals surface area contributed by atoms with Crippen molar-refractivity contribution in [3.63, 3.8) is 0 Å². The van der Waals surface area contributed by atoms with E-state index in [0.717, 1.165) is 6.07 Å². The summed E-state index contributed by atoms with van der Waals surface area (Å²) in [4.78, 5) is 36.3. The molecule has 0 fully saturated rings. The molecule has 2 aromatic carbocycles. The third kappa shape index (κ3) is 5.51. The molecule has 5 N–H and O–H groups in total. The molecular weight excluding hydrogens is 414 g/mol. The fourth-order valence-electron chi connectivity index (χ4n) is 3.42. The number of phenols is 2. The summed E-state index contributed by atoms with van der Waals surface area (Å²) in [6, 6.07) is 10.3. The number of carboxylic acids is 1. The highest BCUT2D eigenvalue weighted by Gasteiger charge is 2.33. The van der Waals surface area contributed by atoms with Crippen LogP contribution in [-0.2, 0) is 9.59 Å². The van der Waals surface area contributed by atoms with Crippen molar-refractivity contribution in [3.8, 4) is 11.5 Å². The summed E-state index contributed by atoms with van der Waals surface area (Å²) >= 11 is 0. The second-order valence-corrected chi connectivity index (χ2v) is 7.44. The molecule has 0 bridgehead atoms. The topological polar surface area (TPSA) is 148 Å². The number of amides is 2. The number of carbonyl (C=O) groups is 3. The van der Waals surface area contributed by atoms with E-state index in [9.17, 15) is 29.7 Å². The van der Waals surface area contributed by atoms with Gasteiger partial charge in [0, 0.05) is 17.3 Å². The van der Waals surface area contributed by atoms with Gasteiger partial charge in [-0.1, -0.05) is 24.3 Å². The molecule has 0 heterocycles. The fourth-order valence-corrected chi connectivity index (χ4v) is 3.42. The predicted octanol–water partition coefficient (Wildman–Crippen LogP) is 2.86. The zero-order valence-corrected chi connectivity index (χ0v) is 17.3. The van der Waals surface area contributed by atoms with E-state index in [2.05, 4.69) is 15.8 Å². The molecule has 9 nitrogen and oxygen atoms in total. The van der Waals surface area contributed by atoms with Crippen molar-refractivity contribution in [2.75, 3.05) is 5.32 Å². The minimum Gasteiger partial charge on any atom is -0.508 e. The monoisotopic (exact) mass is 437 g/mol. The number of carboxylic acid groups (broad SMARTS) is 1. The fraction of sp³-hybridized carbons (Fsp3) is 0.217. The normalized spacial score (nSPS) is 18.1. The van der Waals surface area contributed by atoms with E-state index in [-0.39, 0.29) is 23.0 Å². The Morgan fingerprint density at radius 2 is 1.59 bits per heavy atom. The lowest BCUT2D eigenvalue weighted by molar-refractivity contribution is -0.146. The average molecular weight is 437 g/mol. The van der Waals surface area contributed by atoms with E-state index in [1.165, 1.54) is 12.1 Å². The molecule has 0 radical (unpaired) electrons. The number of carbonyl (C=O) groups excluding carboxylic acids is 2. The van der Waals surface area contributed by atoms with Crippen molar-refractivity contribution in [2.24, 2.45) is 16.9 Å². The Labute approximate surface area is 184 Å². The van der Waals surface area contributed by atoms with Gasteiger partial charge in [0.1, 0.15) is 11.5 Å². The summed E-state index contributed by atoms with van der Waals surface area (Å²) in [5, 5.41) is 35.1. The SMILES string of the molecule is C/C(=N\NC(=O)c1cc(O)cc(O)c1)c1cccc(NC(=O)C2CC=CCC2C(=O)O)c1. The summed E-state index contributed by atoms with van der Waals surface area (Å²) < 4.78 is 0. The van der Waals surface area contributed by atoms with E-state index in [1.807, 2.05) is 6.08 Å². The third-order valence-corrected chi connectivity index (χ3v) is 5.12. The lowest BCUT2D eigenvalue weighted by atomic mass is 9.82. The first kappa shape index (κ1) is 22.5. The molecule has 2 amide bonds. The number of anilines is 1. The summed E-state index contributed by atoms with van der Waals surface area (Å²) in [7, 11) is 0. The Bertz CT molecular complexity index is 1090. The molecule has 0 saturated carbocycles. The van der Waals surface area contributed by atoms with Crippen LogP contribution in [0.4, 0.5) is 5.69 Å². The minimum absolute atomic E-state index is 0.0366. The van der Waals surface area contributed by atoms with Crippen LogP contribution < -0.4 is 10.7 Å². The number of benzene rings is 2. The van der Waals surface area contributed by atoms with Crippen LogP contribution in [-0.4, -0.2) is 38.8 Å². The molecule has 3 rings (SSSR count). The van der Waals surface area contributed by atoms with Crippen LogP contribution >= 0.6 is 0 Å². The third-order valence-electron chi connectivity index (χ3n) is 5.12. The standard InChI is InChI=1S/C23H23N3O6/c1-13(25-26-21(29)15-10-17(27)12-18(28)11-15)14-5-4-6-16(9-14)24-22(30)19-7-2-3-8-20(19)23(31)32/h2-6,9-12,19-20,27-28H,7-8H2,1H3,(H,24,30)(H,26,29)(H,31,32)/b25-13+. The second kappa shape index (κ2) is 9.78. The molecular formula is C23H23N3O6. The molecule has 1 aliphatic rings. The highest BCUT2D eigenvalue weighted by atomic mass is 16.4. The van der Waals surface area contributed by atoms with Crippen molar-refractivity contribution >= 4 is 29.2 Å². The number of aromatic hydroxyl groups is 2. The molecule has 0 aromatic heterocycles. The van der Waals surface area contributed by atoms with Gasteiger partial charge in [-0.2, -0.15) is 5.10 Å². The number of hydrogen-bond donors (Lipinski definition) is 5. The lowest BCUT2D eigenvalue weighted by Gasteiger charge is -2.24. The van der Waals surface area contributed by atoms with Crippen molar-refractivity contribution in [3.05, 3.63) is 65.7 Å². The van der Waals surface area contributed by atoms with Crippen molar-refractivity contribution < 1.29 is 29.7 Å². The van der Waals surface area contributed by atoms with Crippen LogP contribution in [0.25, 0.3) is 0 Å². The van der Waals surface area contributed by atoms with Gasteiger partial charge in [-0.3, -0.25) is 14.4 Å². The number of rotatable bonds is 6. The van der Waals surface area contributed by atoms with Crippen molar-refractivity contribution in [1.82, 2.24) is 5.43 Å². The smallest absolute Gasteiger partial charge is 0.307 e. The number of phenolic OH excluding ortho intramolecular Hbond substituents is 2. The maximum Gasteiger partial charge on any atom is 0.307 e. The summed E-state index contributed by atoms with van der Waals surface area (Å²) in [5.41, 5.74) is 3.93. The maximum atomic E-state index is 12.7. The van der Waals surface area contributed by atoms with Gasteiger partial charge >= 0.3 is 5.97 Å². The molecule has 1 aliphatic carbocycles. The molecule has 2 atom stereocenters.